The number of sulfone groups is 1. The molecule has 6 nitrogen and oxygen atoms in total. The highest BCUT2D eigenvalue weighted by atomic mass is 32.2. The summed E-state index contributed by atoms with van der Waals surface area (Å²) in [6.45, 7) is 7.02. The zero-order chi connectivity index (χ0) is 20.0. The highest BCUT2D eigenvalue weighted by Gasteiger charge is 2.21. The topological polar surface area (TPSA) is 93.2 Å². The number of hydrogen-bond donors (Lipinski definition) is 1. The van der Waals surface area contributed by atoms with E-state index in [4.69, 9.17) is 0 Å². The summed E-state index contributed by atoms with van der Waals surface area (Å²) in [4.78, 5) is 4.40. The number of nitrogens with zero attached hydrogens (tertiary/aromatic N) is 1. The van der Waals surface area contributed by atoms with Crippen LogP contribution in [-0.2, 0) is 19.9 Å². The van der Waals surface area contributed by atoms with Gasteiger partial charge < -0.3 is 0 Å². The van der Waals surface area contributed by atoms with Crippen LogP contribution in [0, 0.1) is 20.8 Å². The van der Waals surface area contributed by atoms with Crippen molar-refractivity contribution in [1.82, 2.24) is 4.98 Å². The average Bonchev–Trinajstić information content (AvgIpc) is 2.97. The number of anilines is 1. The van der Waals surface area contributed by atoms with Crippen LogP contribution in [0.3, 0.4) is 0 Å². The fourth-order valence-electron chi connectivity index (χ4n) is 3.02. The Morgan fingerprint density at radius 2 is 1.63 bits per heavy atom. The van der Waals surface area contributed by atoms with Gasteiger partial charge in [-0.25, -0.2) is 21.8 Å². The van der Waals surface area contributed by atoms with Crippen LogP contribution in [0.4, 0.5) is 5.69 Å². The van der Waals surface area contributed by atoms with Gasteiger partial charge in [-0.15, -0.1) is 11.3 Å². The quantitative estimate of drug-likeness (QED) is 0.672. The van der Waals surface area contributed by atoms with Crippen molar-refractivity contribution in [1.29, 1.82) is 0 Å². The third-order valence-electron chi connectivity index (χ3n) is 4.14. The molecule has 27 heavy (non-hydrogen) atoms. The number of aromatic nitrogens is 1. The molecule has 0 fully saturated rings. The normalized spacial score (nSPS) is 12.4. The number of rotatable bonds is 5. The molecule has 0 spiro atoms. The molecular formula is C18H20N2O4S3. The number of fused-ring (bicyclic) bond motifs is 1. The molecule has 0 radical (unpaired) electrons. The number of benzene rings is 2. The van der Waals surface area contributed by atoms with Crippen LogP contribution in [0.1, 0.15) is 23.6 Å². The summed E-state index contributed by atoms with van der Waals surface area (Å²) >= 11 is 1.04. The molecule has 3 rings (SSSR count). The minimum absolute atomic E-state index is 0.0295. The molecule has 0 atom stereocenters. The van der Waals surface area contributed by atoms with E-state index in [1.54, 1.807) is 39.0 Å². The second-order valence-corrected chi connectivity index (χ2v) is 11.5. The number of sulfonamides is 1. The van der Waals surface area contributed by atoms with Gasteiger partial charge in [-0.1, -0.05) is 24.6 Å². The van der Waals surface area contributed by atoms with Crippen LogP contribution >= 0.6 is 11.3 Å². The first-order chi connectivity index (χ1) is 12.5. The Morgan fingerprint density at radius 1 is 1.00 bits per heavy atom. The lowest BCUT2D eigenvalue weighted by atomic mass is 10.1. The van der Waals surface area contributed by atoms with Crippen molar-refractivity contribution in [3.8, 4) is 0 Å². The predicted octanol–water partition coefficient (Wildman–Crippen LogP) is 3.82. The smallest absolute Gasteiger partial charge is 0.262 e. The zero-order valence-corrected chi connectivity index (χ0v) is 17.8. The third kappa shape index (κ3) is 3.85. The molecule has 0 amide bonds. The molecule has 0 aliphatic heterocycles. The Labute approximate surface area is 163 Å². The summed E-state index contributed by atoms with van der Waals surface area (Å²) in [6.07, 6.45) is 0. The van der Waals surface area contributed by atoms with Gasteiger partial charge in [-0.2, -0.15) is 0 Å². The molecule has 0 saturated carbocycles. The summed E-state index contributed by atoms with van der Waals surface area (Å²) in [5.74, 6) is -0.0295. The van der Waals surface area contributed by atoms with Crippen LogP contribution in [0.15, 0.2) is 39.6 Å². The lowest BCUT2D eigenvalue weighted by molar-refractivity contribution is 0.596. The van der Waals surface area contributed by atoms with E-state index in [2.05, 4.69) is 9.71 Å². The fraction of sp³-hybridized carbons (Fsp3) is 0.278. The Hall–Kier alpha value is -1.97. The van der Waals surface area contributed by atoms with Crippen molar-refractivity contribution < 1.29 is 16.8 Å². The minimum Gasteiger partial charge on any atom is -0.280 e. The van der Waals surface area contributed by atoms with Gasteiger partial charge in [-0.05, 0) is 50.1 Å². The van der Waals surface area contributed by atoms with E-state index < -0.39 is 19.9 Å². The highest BCUT2D eigenvalue weighted by molar-refractivity contribution is 7.93. The number of hydrogen-bond acceptors (Lipinski definition) is 6. The second-order valence-electron chi connectivity index (χ2n) is 6.40. The molecule has 144 valence electrons. The molecule has 1 aromatic heterocycles. The number of thiazole rings is 1. The van der Waals surface area contributed by atoms with Gasteiger partial charge in [0.05, 0.1) is 26.6 Å². The average molecular weight is 425 g/mol. The molecule has 1 N–H and O–H groups in total. The fourth-order valence-corrected chi connectivity index (χ4v) is 6.88. The molecule has 0 unspecified atom stereocenters. The van der Waals surface area contributed by atoms with Gasteiger partial charge in [0.2, 0.25) is 14.2 Å². The first kappa shape index (κ1) is 19.8. The van der Waals surface area contributed by atoms with E-state index in [-0.39, 0.29) is 15.0 Å². The largest absolute Gasteiger partial charge is 0.280 e. The lowest BCUT2D eigenvalue weighted by Crippen LogP contribution is -2.15. The van der Waals surface area contributed by atoms with Crippen molar-refractivity contribution in [2.45, 2.75) is 36.9 Å². The molecule has 0 aliphatic carbocycles. The highest BCUT2D eigenvalue weighted by Crippen LogP contribution is 2.30. The summed E-state index contributed by atoms with van der Waals surface area (Å²) in [6, 6.07) is 8.47. The van der Waals surface area contributed by atoms with Crippen LogP contribution in [0.2, 0.25) is 0 Å². The Bertz CT molecular complexity index is 1220. The van der Waals surface area contributed by atoms with E-state index in [9.17, 15) is 16.8 Å². The maximum atomic E-state index is 12.9. The first-order valence-corrected chi connectivity index (χ1v) is 12.2. The Kier molecular flexibility index (Phi) is 5.04. The SMILES string of the molecule is CCS(=O)(=O)c1nc2ccc(NS(=O)(=O)c3c(C)cc(C)cc3C)cc2s1. The monoisotopic (exact) mass is 424 g/mol. The molecule has 3 aromatic rings. The van der Waals surface area contributed by atoms with Gasteiger partial charge >= 0.3 is 0 Å². The second kappa shape index (κ2) is 6.88. The van der Waals surface area contributed by atoms with Crippen LogP contribution in [-0.4, -0.2) is 27.6 Å². The summed E-state index contributed by atoms with van der Waals surface area (Å²) in [5.41, 5.74) is 3.24. The molecule has 0 bridgehead atoms. The lowest BCUT2D eigenvalue weighted by Gasteiger charge is -2.14. The van der Waals surface area contributed by atoms with Gasteiger partial charge in [0, 0.05) is 0 Å². The van der Waals surface area contributed by atoms with E-state index >= 15 is 0 Å². The predicted molar refractivity (Wildman–Crippen MR) is 109 cm³/mol. The van der Waals surface area contributed by atoms with Crippen molar-refractivity contribution in [2.24, 2.45) is 0 Å². The Balaban J connectivity index is 2.01. The van der Waals surface area contributed by atoms with Crippen LogP contribution < -0.4 is 4.72 Å². The van der Waals surface area contributed by atoms with Crippen molar-refractivity contribution in [3.63, 3.8) is 0 Å². The first-order valence-electron chi connectivity index (χ1n) is 8.27. The minimum atomic E-state index is -3.77. The summed E-state index contributed by atoms with van der Waals surface area (Å²) in [7, 11) is -7.17. The van der Waals surface area contributed by atoms with E-state index in [1.165, 1.54) is 0 Å². The third-order valence-corrected chi connectivity index (χ3v) is 9.03. The molecule has 0 saturated heterocycles. The van der Waals surface area contributed by atoms with Crippen LogP contribution in [0.5, 0.6) is 0 Å². The van der Waals surface area contributed by atoms with E-state index in [1.807, 2.05) is 19.1 Å². The molecule has 0 aliphatic rings. The van der Waals surface area contributed by atoms with Gasteiger partial charge in [0.1, 0.15) is 0 Å². The molecule has 9 heteroatoms. The van der Waals surface area contributed by atoms with Crippen molar-refractivity contribution >= 4 is 47.1 Å². The maximum Gasteiger partial charge on any atom is 0.262 e. The van der Waals surface area contributed by atoms with Gasteiger partial charge in [0.25, 0.3) is 10.0 Å². The Morgan fingerprint density at radius 3 is 2.22 bits per heavy atom. The van der Waals surface area contributed by atoms with E-state index in [0.717, 1.165) is 16.9 Å². The molecular weight excluding hydrogens is 404 g/mol. The molecule has 1 heterocycles. The summed E-state index contributed by atoms with van der Waals surface area (Å²) in [5, 5.41) is 0. The van der Waals surface area contributed by atoms with Gasteiger partial charge in [-0.3, -0.25) is 4.72 Å². The number of nitrogens with one attached hydrogen (secondary N) is 1. The van der Waals surface area contributed by atoms with Crippen LogP contribution in [0.25, 0.3) is 10.2 Å². The number of aryl methyl sites for hydroxylation is 3. The summed E-state index contributed by atoms with van der Waals surface area (Å²) < 4.78 is 53.0. The molecule has 2 aromatic carbocycles. The van der Waals surface area contributed by atoms with Crippen molar-refractivity contribution in [3.05, 3.63) is 47.0 Å². The van der Waals surface area contributed by atoms with E-state index in [0.29, 0.717) is 27.0 Å². The zero-order valence-electron chi connectivity index (χ0n) is 15.4. The van der Waals surface area contributed by atoms with Gasteiger partial charge in [0.15, 0.2) is 0 Å². The maximum absolute atomic E-state index is 12.9. The van der Waals surface area contributed by atoms with Crippen molar-refractivity contribution in [2.75, 3.05) is 10.5 Å². The standard InChI is InChI=1S/C18H20N2O4S3/c1-5-26(21,22)18-19-15-7-6-14(10-16(15)25-18)20-27(23,24)17-12(3)8-11(2)9-13(17)4/h6-10,20H,5H2,1-4H3.